The molecule has 1 aromatic carbocycles. The molecule has 30 heavy (non-hydrogen) atoms. The number of hydrogen-bond acceptors (Lipinski definition) is 5. The van der Waals surface area contributed by atoms with Crippen LogP contribution in [0, 0.1) is 23.2 Å². The quantitative estimate of drug-likeness (QED) is 0.777. The molecule has 2 aromatic rings. The fourth-order valence-electron chi connectivity index (χ4n) is 6.08. The molecule has 4 heterocycles. The van der Waals surface area contributed by atoms with E-state index in [0.29, 0.717) is 29.5 Å². The SMILES string of the molecule is COc1cccc(C[C@H]2[C@H]3C[C@H](CN(c4cc(C#N)ccn4)C3)[C@@H]3CCCCN32)c1. The average Bonchev–Trinajstić information content (AvgIpc) is 2.82. The molecular weight excluding hydrogens is 372 g/mol. The number of ether oxygens (including phenoxy) is 1. The Labute approximate surface area is 179 Å². The van der Waals surface area contributed by atoms with Gasteiger partial charge in [0.25, 0.3) is 0 Å². The first-order valence-corrected chi connectivity index (χ1v) is 11.2. The third-order valence-corrected chi connectivity index (χ3v) is 7.40. The number of hydrogen-bond donors (Lipinski definition) is 0. The maximum absolute atomic E-state index is 9.31. The standard InChI is InChI=1S/C25H30N4O/c1-30-22-6-4-5-18(11-22)12-24-21-14-20(23-7-2-3-10-29(23)24)16-28(17-21)25-13-19(15-26)8-9-27-25/h4-6,8-9,11,13,20-21,23-24H,2-3,7,10,12,14,16-17H2,1H3/t20-,21+,23+,24+/m1/s1. The van der Waals surface area contributed by atoms with Gasteiger partial charge in [-0.2, -0.15) is 5.26 Å². The molecule has 3 fully saturated rings. The number of benzene rings is 1. The first-order valence-electron chi connectivity index (χ1n) is 11.2. The molecule has 2 bridgehead atoms. The first kappa shape index (κ1) is 19.4. The van der Waals surface area contributed by atoms with Crippen LogP contribution in [0.3, 0.4) is 0 Å². The summed E-state index contributed by atoms with van der Waals surface area (Å²) in [4.78, 5) is 9.91. The summed E-state index contributed by atoms with van der Waals surface area (Å²) in [6.07, 6.45) is 8.13. The van der Waals surface area contributed by atoms with Gasteiger partial charge in [-0.05, 0) is 73.9 Å². The summed E-state index contributed by atoms with van der Waals surface area (Å²) in [6, 6.07) is 15.8. The lowest BCUT2D eigenvalue weighted by molar-refractivity contribution is -0.0318. The topological polar surface area (TPSA) is 52.4 Å². The van der Waals surface area contributed by atoms with Gasteiger partial charge in [0.2, 0.25) is 0 Å². The summed E-state index contributed by atoms with van der Waals surface area (Å²) >= 11 is 0. The van der Waals surface area contributed by atoms with Crippen molar-refractivity contribution in [3.8, 4) is 11.8 Å². The zero-order valence-electron chi connectivity index (χ0n) is 17.7. The van der Waals surface area contributed by atoms with E-state index in [1.165, 1.54) is 37.8 Å². The molecule has 5 rings (SSSR count). The molecule has 5 nitrogen and oxygen atoms in total. The molecule has 5 heteroatoms. The Morgan fingerprint density at radius 3 is 2.93 bits per heavy atom. The van der Waals surface area contributed by atoms with E-state index in [-0.39, 0.29) is 0 Å². The Bertz CT molecular complexity index is 939. The number of piperidine rings is 3. The van der Waals surface area contributed by atoms with Crippen molar-refractivity contribution >= 4 is 5.82 Å². The number of aromatic nitrogens is 1. The monoisotopic (exact) mass is 402 g/mol. The Morgan fingerprint density at radius 1 is 1.17 bits per heavy atom. The maximum Gasteiger partial charge on any atom is 0.129 e. The van der Waals surface area contributed by atoms with E-state index in [4.69, 9.17) is 4.74 Å². The van der Waals surface area contributed by atoms with E-state index in [0.717, 1.165) is 31.1 Å². The van der Waals surface area contributed by atoms with Crippen molar-refractivity contribution in [3.63, 3.8) is 0 Å². The number of rotatable bonds is 4. The third-order valence-electron chi connectivity index (χ3n) is 7.40. The Hall–Kier alpha value is -2.58. The second-order valence-corrected chi connectivity index (χ2v) is 9.10. The summed E-state index contributed by atoms with van der Waals surface area (Å²) in [5, 5.41) is 9.31. The van der Waals surface area contributed by atoms with E-state index in [9.17, 15) is 5.26 Å². The molecule has 0 aliphatic carbocycles. The van der Waals surface area contributed by atoms with Gasteiger partial charge in [0, 0.05) is 31.4 Å². The Kier molecular flexibility index (Phi) is 5.35. The van der Waals surface area contributed by atoms with Crippen molar-refractivity contribution in [2.24, 2.45) is 11.8 Å². The highest BCUT2D eigenvalue weighted by Gasteiger charge is 2.47. The van der Waals surface area contributed by atoms with Crippen LogP contribution in [0.4, 0.5) is 5.82 Å². The van der Waals surface area contributed by atoms with Crippen LogP contribution in [-0.4, -0.2) is 48.7 Å². The van der Waals surface area contributed by atoms with Crippen molar-refractivity contribution in [2.45, 2.75) is 44.2 Å². The molecule has 156 valence electrons. The van der Waals surface area contributed by atoms with Crippen molar-refractivity contribution in [1.82, 2.24) is 9.88 Å². The molecule has 3 aliphatic heterocycles. The fraction of sp³-hybridized carbons (Fsp3) is 0.520. The highest BCUT2D eigenvalue weighted by molar-refractivity contribution is 5.46. The van der Waals surface area contributed by atoms with Gasteiger partial charge in [-0.1, -0.05) is 18.6 Å². The smallest absolute Gasteiger partial charge is 0.129 e. The predicted octanol–water partition coefficient (Wildman–Crippen LogP) is 3.88. The largest absolute Gasteiger partial charge is 0.497 e. The lowest BCUT2D eigenvalue weighted by Crippen LogP contribution is -2.64. The van der Waals surface area contributed by atoms with Gasteiger partial charge in [0.05, 0.1) is 18.7 Å². The van der Waals surface area contributed by atoms with E-state index >= 15 is 0 Å². The second kappa shape index (κ2) is 8.28. The summed E-state index contributed by atoms with van der Waals surface area (Å²) in [6.45, 7) is 3.32. The number of methoxy groups -OCH3 is 1. The second-order valence-electron chi connectivity index (χ2n) is 9.10. The Balaban J connectivity index is 1.43. The van der Waals surface area contributed by atoms with Gasteiger partial charge >= 0.3 is 0 Å². The third kappa shape index (κ3) is 3.65. The summed E-state index contributed by atoms with van der Waals surface area (Å²) in [7, 11) is 1.74. The van der Waals surface area contributed by atoms with Crippen LogP contribution in [0.1, 0.15) is 36.8 Å². The normalized spacial score (nSPS) is 28.5. The molecule has 0 amide bonds. The highest BCUT2D eigenvalue weighted by Crippen LogP contribution is 2.43. The van der Waals surface area contributed by atoms with Gasteiger partial charge in [0.1, 0.15) is 11.6 Å². The van der Waals surface area contributed by atoms with Crippen molar-refractivity contribution in [2.75, 3.05) is 31.6 Å². The first-order chi connectivity index (χ1) is 14.7. The van der Waals surface area contributed by atoms with E-state index < -0.39 is 0 Å². The molecule has 0 unspecified atom stereocenters. The zero-order chi connectivity index (χ0) is 20.5. The van der Waals surface area contributed by atoms with Crippen molar-refractivity contribution in [1.29, 1.82) is 5.26 Å². The van der Waals surface area contributed by atoms with Gasteiger partial charge < -0.3 is 9.64 Å². The molecule has 3 aliphatic rings. The lowest BCUT2D eigenvalue weighted by atomic mass is 9.71. The maximum atomic E-state index is 9.31. The fourth-order valence-corrected chi connectivity index (χ4v) is 6.08. The minimum Gasteiger partial charge on any atom is -0.497 e. The molecule has 0 spiro atoms. The number of pyridine rings is 1. The molecule has 0 saturated carbocycles. The van der Waals surface area contributed by atoms with Crippen LogP contribution >= 0.6 is 0 Å². The highest BCUT2D eigenvalue weighted by atomic mass is 16.5. The summed E-state index contributed by atoms with van der Waals surface area (Å²) in [5.74, 6) is 3.22. The van der Waals surface area contributed by atoms with Crippen molar-refractivity contribution < 1.29 is 4.74 Å². The number of anilines is 1. The Morgan fingerprint density at radius 2 is 2.07 bits per heavy atom. The minimum atomic E-state index is 0.556. The number of nitrogens with zero attached hydrogens (tertiary/aromatic N) is 4. The molecule has 0 radical (unpaired) electrons. The van der Waals surface area contributed by atoms with E-state index in [1.54, 1.807) is 19.4 Å². The minimum absolute atomic E-state index is 0.556. The van der Waals surface area contributed by atoms with Crippen LogP contribution in [-0.2, 0) is 6.42 Å². The van der Waals surface area contributed by atoms with Gasteiger partial charge in [-0.15, -0.1) is 0 Å². The molecular formula is C25H30N4O. The van der Waals surface area contributed by atoms with Gasteiger partial charge in [-0.25, -0.2) is 4.98 Å². The van der Waals surface area contributed by atoms with E-state index in [2.05, 4.69) is 39.1 Å². The predicted molar refractivity (Wildman–Crippen MR) is 118 cm³/mol. The lowest BCUT2D eigenvalue weighted by Gasteiger charge is -2.57. The van der Waals surface area contributed by atoms with E-state index in [1.807, 2.05) is 12.1 Å². The van der Waals surface area contributed by atoms with Gasteiger partial charge in [-0.3, -0.25) is 4.90 Å². The van der Waals surface area contributed by atoms with Crippen LogP contribution in [0.25, 0.3) is 0 Å². The summed E-state index contributed by atoms with van der Waals surface area (Å²) in [5.41, 5.74) is 2.06. The number of fused-ring (bicyclic) bond motifs is 4. The molecule has 1 aromatic heterocycles. The van der Waals surface area contributed by atoms with Crippen molar-refractivity contribution in [3.05, 3.63) is 53.7 Å². The average molecular weight is 403 g/mol. The zero-order valence-corrected chi connectivity index (χ0v) is 17.7. The number of nitriles is 1. The van der Waals surface area contributed by atoms with Crippen LogP contribution in [0.15, 0.2) is 42.6 Å². The molecule has 0 N–H and O–H groups in total. The van der Waals surface area contributed by atoms with Gasteiger partial charge in [0.15, 0.2) is 0 Å². The van der Waals surface area contributed by atoms with Crippen LogP contribution < -0.4 is 9.64 Å². The van der Waals surface area contributed by atoms with Crippen LogP contribution in [0.5, 0.6) is 5.75 Å². The molecule has 3 saturated heterocycles. The van der Waals surface area contributed by atoms with Crippen LogP contribution in [0.2, 0.25) is 0 Å². The summed E-state index contributed by atoms with van der Waals surface area (Å²) < 4.78 is 5.47. The molecule has 4 atom stereocenters.